The highest BCUT2D eigenvalue weighted by Crippen LogP contribution is 2.22. The van der Waals surface area contributed by atoms with Crippen LogP contribution in [0.15, 0.2) is 24.3 Å². The molecule has 2 aromatic rings. The van der Waals surface area contributed by atoms with Crippen LogP contribution in [0.1, 0.15) is 32.1 Å². The summed E-state index contributed by atoms with van der Waals surface area (Å²) >= 11 is 0. The Hall–Kier alpha value is -2.08. The summed E-state index contributed by atoms with van der Waals surface area (Å²) in [6.07, 6.45) is 6.18. The molecule has 6 nitrogen and oxygen atoms in total. The summed E-state index contributed by atoms with van der Waals surface area (Å²) in [5.74, 6) is 1.21. The van der Waals surface area contributed by atoms with Gasteiger partial charge in [0.2, 0.25) is 11.9 Å². The molecule has 0 atom stereocenters. The first-order valence-corrected chi connectivity index (χ1v) is 9.88. The number of carbonyl (C=O) groups is 1. The van der Waals surface area contributed by atoms with Crippen LogP contribution in [-0.2, 0) is 4.79 Å². The number of imidazole rings is 1. The van der Waals surface area contributed by atoms with Gasteiger partial charge in [-0.1, -0.05) is 31.4 Å². The van der Waals surface area contributed by atoms with E-state index in [0.29, 0.717) is 12.6 Å². The predicted molar refractivity (Wildman–Crippen MR) is 104 cm³/mol. The molecule has 4 rings (SSSR count). The van der Waals surface area contributed by atoms with Crippen LogP contribution in [-0.4, -0.2) is 71.5 Å². The summed E-state index contributed by atoms with van der Waals surface area (Å²) < 4.78 is 0. The molecular formula is C20H29N5O. The second kappa shape index (κ2) is 7.66. The number of aromatic amines is 1. The van der Waals surface area contributed by atoms with E-state index in [4.69, 9.17) is 0 Å². The van der Waals surface area contributed by atoms with E-state index in [1.54, 1.807) is 0 Å². The summed E-state index contributed by atoms with van der Waals surface area (Å²) in [6.45, 7) is 4.16. The molecule has 1 aromatic carbocycles. The zero-order valence-corrected chi connectivity index (χ0v) is 15.7. The van der Waals surface area contributed by atoms with Crippen LogP contribution in [0, 0.1) is 0 Å². The van der Waals surface area contributed by atoms with Gasteiger partial charge in [-0.25, -0.2) is 4.98 Å². The summed E-state index contributed by atoms with van der Waals surface area (Å²) in [7, 11) is 1.99. The van der Waals surface area contributed by atoms with Gasteiger partial charge in [0, 0.05) is 39.3 Å². The molecule has 0 radical (unpaired) electrons. The minimum Gasteiger partial charge on any atom is -0.342 e. The Labute approximate surface area is 155 Å². The Morgan fingerprint density at radius 3 is 2.62 bits per heavy atom. The van der Waals surface area contributed by atoms with E-state index in [9.17, 15) is 4.79 Å². The Kier molecular flexibility index (Phi) is 5.11. The van der Waals surface area contributed by atoms with Crippen molar-refractivity contribution in [2.24, 2.45) is 0 Å². The molecule has 0 unspecified atom stereocenters. The summed E-state index contributed by atoms with van der Waals surface area (Å²) in [6, 6.07) is 8.58. The smallest absolute Gasteiger partial charge is 0.236 e. The second-order valence-electron chi connectivity index (χ2n) is 7.64. The predicted octanol–water partition coefficient (Wildman–Crippen LogP) is 2.48. The van der Waals surface area contributed by atoms with Crippen LogP contribution in [0.2, 0.25) is 0 Å². The van der Waals surface area contributed by atoms with Crippen LogP contribution < -0.4 is 4.90 Å². The molecule has 2 fully saturated rings. The monoisotopic (exact) mass is 355 g/mol. The van der Waals surface area contributed by atoms with Gasteiger partial charge in [-0.3, -0.25) is 9.69 Å². The van der Waals surface area contributed by atoms with E-state index in [2.05, 4.69) is 25.8 Å². The normalized spacial score (nSPS) is 19.8. The highest BCUT2D eigenvalue weighted by molar-refractivity contribution is 5.78. The van der Waals surface area contributed by atoms with E-state index in [1.165, 1.54) is 32.1 Å². The van der Waals surface area contributed by atoms with E-state index >= 15 is 0 Å². The van der Waals surface area contributed by atoms with Gasteiger partial charge < -0.3 is 14.8 Å². The maximum absolute atomic E-state index is 12.6. The highest BCUT2D eigenvalue weighted by atomic mass is 16.2. The van der Waals surface area contributed by atoms with E-state index in [-0.39, 0.29) is 5.91 Å². The first-order valence-electron chi connectivity index (χ1n) is 9.88. The number of fused-ring (bicyclic) bond motifs is 1. The van der Waals surface area contributed by atoms with Crippen molar-refractivity contribution in [1.29, 1.82) is 0 Å². The molecule has 1 aromatic heterocycles. The SMILES string of the molecule is CN(C(=O)CN1CCN(c2nc3ccccc3[nH]2)CC1)C1CCCCC1. The lowest BCUT2D eigenvalue weighted by Gasteiger charge is -2.36. The maximum Gasteiger partial charge on any atom is 0.236 e. The molecule has 2 heterocycles. The zero-order chi connectivity index (χ0) is 17.9. The van der Waals surface area contributed by atoms with Gasteiger partial charge in [0.05, 0.1) is 17.6 Å². The number of piperazine rings is 1. The number of benzene rings is 1. The summed E-state index contributed by atoms with van der Waals surface area (Å²) in [4.78, 5) is 27.3. The zero-order valence-electron chi connectivity index (χ0n) is 15.7. The van der Waals surface area contributed by atoms with E-state index in [1.807, 2.05) is 30.1 Å². The Morgan fingerprint density at radius 2 is 1.88 bits per heavy atom. The number of nitrogens with zero attached hydrogens (tertiary/aromatic N) is 4. The molecule has 6 heteroatoms. The molecule has 140 valence electrons. The van der Waals surface area contributed by atoms with Crippen LogP contribution >= 0.6 is 0 Å². The van der Waals surface area contributed by atoms with Gasteiger partial charge in [-0.05, 0) is 25.0 Å². The molecular weight excluding hydrogens is 326 g/mol. The number of anilines is 1. The van der Waals surface area contributed by atoms with Gasteiger partial charge in [0.25, 0.3) is 0 Å². The third-order valence-electron chi connectivity index (χ3n) is 5.92. The van der Waals surface area contributed by atoms with Crippen LogP contribution in [0.25, 0.3) is 11.0 Å². The molecule has 1 saturated carbocycles. The number of para-hydroxylation sites is 2. The van der Waals surface area contributed by atoms with Gasteiger partial charge in [0.1, 0.15) is 0 Å². The Morgan fingerprint density at radius 1 is 1.15 bits per heavy atom. The van der Waals surface area contributed by atoms with Crippen molar-refractivity contribution in [1.82, 2.24) is 19.8 Å². The Bertz CT molecular complexity index is 710. The molecule has 1 N–H and O–H groups in total. The lowest BCUT2D eigenvalue weighted by atomic mass is 9.94. The van der Waals surface area contributed by atoms with Crippen molar-refractivity contribution in [2.45, 2.75) is 38.1 Å². The third-order valence-corrected chi connectivity index (χ3v) is 5.92. The molecule has 1 aliphatic heterocycles. The van der Waals surface area contributed by atoms with E-state index < -0.39 is 0 Å². The summed E-state index contributed by atoms with van der Waals surface area (Å²) in [5.41, 5.74) is 2.09. The van der Waals surface area contributed by atoms with Gasteiger partial charge in [-0.2, -0.15) is 0 Å². The van der Waals surface area contributed by atoms with Crippen molar-refractivity contribution >= 4 is 22.9 Å². The Balaban J connectivity index is 1.29. The number of nitrogens with one attached hydrogen (secondary N) is 1. The highest BCUT2D eigenvalue weighted by Gasteiger charge is 2.25. The number of amides is 1. The first-order chi connectivity index (χ1) is 12.7. The molecule has 2 aliphatic rings. The second-order valence-corrected chi connectivity index (χ2v) is 7.64. The number of hydrogen-bond acceptors (Lipinski definition) is 4. The van der Waals surface area contributed by atoms with E-state index in [0.717, 1.165) is 43.2 Å². The summed E-state index contributed by atoms with van der Waals surface area (Å²) in [5, 5.41) is 0. The first kappa shape index (κ1) is 17.3. The van der Waals surface area contributed by atoms with Crippen LogP contribution in [0.5, 0.6) is 0 Å². The van der Waals surface area contributed by atoms with Gasteiger partial charge in [0.15, 0.2) is 0 Å². The van der Waals surface area contributed by atoms with Crippen molar-refractivity contribution in [3.63, 3.8) is 0 Å². The lowest BCUT2D eigenvalue weighted by molar-refractivity contribution is -0.133. The fourth-order valence-corrected chi connectivity index (χ4v) is 4.18. The van der Waals surface area contributed by atoms with Crippen molar-refractivity contribution in [3.8, 4) is 0 Å². The number of likely N-dealkylation sites (N-methyl/N-ethyl adjacent to an activating group) is 1. The van der Waals surface area contributed by atoms with Gasteiger partial charge in [-0.15, -0.1) is 0 Å². The molecule has 1 saturated heterocycles. The molecule has 0 bridgehead atoms. The number of H-pyrrole nitrogens is 1. The van der Waals surface area contributed by atoms with Crippen molar-refractivity contribution < 1.29 is 4.79 Å². The largest absolute Gasteiger partial charge is 0.342 e. The average molecular weight is 355 g/mol. The molecule has 1 aliphatic carbocycles. The number of rotatable bonds is 4. The average Bonchev–Trinajstić information content (AvgIpc) is 3.13. The quantitative estimate of drug-likeness (QED) is 0.915. The maximum atomic E-state index is 12.6. The van der Waals surface area contributed by atoms with Gasteiger partial charge >= 0.3 is 0 Å². The van der Waals surface area contributed by atoms with Crippen LogP contribution in [0.4, 0.5) is 5.95 Å². The van der Waals surface area contributed by atoms with Crippen molar-refractivity contribution in [2.75, 3.05) is 44.7 Å². The third kappa shape index (κ3) is 3.70. The lowest BCUT2D eigenvalue weighted by Crippen LogP contribution is -2.51. The molecule has 1 amide bonds. The van der Waals surface area contributed by atoms with Crippen molar-refractivity contribution in [3.05, 3.63) is 24.3 Å². The molecule has 26 heavy (non-hydrogen) atoms. The molecule has 0 spiro atoms. The standard InChI is InChI=1S/C20H29N5O/c1-23(16-7-3-2-4-8-16)19(26)15-24-11-13-25(14-12-24)20-21-17-9-5-6-10-18(17)22-20/h5-6,9-10,16H,2-4,7-8,11-15H2,1H3,(H,21,22). The number of aromatic nitrogens is 2. The minimum atomic E-state index is 0.272. The number of hydrogen-bond donors (Lipinski definition) is 1. The van der Waals surface area contributed by atoms with Crippen LogP contribution in [0.3, 0.4) is 0 Å². The number of carbonyl (C=O) groups excluding carboxylic acids is 1. The fraction of sp³-hybridized carbons (Fsp3) is 0.600. The minimum absolute atomic E-state index is 0.272. The topological polar surface area (TPSA) is 55.5 Å². The fourth-order valence-electron chi connectivity index (χ4n) is 4.18.